The van der Waals surface area contributed by atoms with Gasteiger partial charge in [-0.05, 0) is 58.8 Å². The molecular formula is C25H16F3NO. The molecule has 1 heterocycles. The standard InChI is InChI=1S/C25H16F3NO/c1-30-15-17-4-9-25(29-14-17)20-8-7-18(22(26)12-20)5-2-16-3-6-19-11-23(27)24(28)13-21(19)10-16/h3-4,6-14H,15H2,1H3. The Morgan fingerprint density at radius 2 is 1.60 bits per heavy atom. The summed E-state index contributed by atoms with van der Waals surface area (Å²) in [7, 11) is 1.61. The molecule has 0 spiro atoms. The van der Waals surface area contributed by atoms with Crippen LogP contribution in [0, 0.1) is 29.3 Å². The molecule has 0 radical (unpaired) electrons. The molecule has 4 rings (SSSR count). The molecule has 0 aliphatic heterocycles. The highest BCUT2D eigenvalue weighted by molar-refractivity contribution is 5.84. The van der Waals surface area contributed by atoms with Crippen molar-refractivity contribution >= 4 is 10.8 Å². The summed E-state index contributed by atoms with van der Waals surface area (Å²) in [6, 6.07) is 15.7. The Hall–Kier alpha value is -3.62. The smallest absolute Gasteiger partial charge is 0.159 e. The Kier molecular flexibility index (Phi) is 5.51. The van der Waals surface area contributed by atoms with Gasteiger partial charge >= 0.3 is 0 Å². The van der Waals surface area contributed by atoms with Gasteiger partial charge in [-0.15, -0.1) is 0 Å². The second-order valence-electron chi connectivity index (χ2n) is 6.76. The molecule has 0 unspecified atom stereocenters. The molecule has 0 saturated heterocycles. The first-order chi connectivity index (χ1) is 14.5. The van der Waals surface area contributed by atoms with Crippen molar-refractivity contribution in [2.24, 2.45) is 0 Å². The number of rotatable bonds is 3. The van der Waals surface area contributed by atoms with Gasteiger partial charge in [0.05, 0.1) is 17.9 Å². The summed E-state index contributed by atoms with van der Waals surface area (Å²) in [5.41, 5.74) is 3.04. The fourth-order valence-electron chi connectivity index (χ4n) is 3.08. The molecule has 0 atom stereocenters. The van der Waals surface area contributed by atoms with Crippen LogP contribution in [-0.2, 0) is 11.3 Å². The zero-order valence-corrected chi connectivity index (χ0v) is 16.0. The van der Waals surface area contributed by atoms with Gasteiger partial charge in [-0.1, -0.05) is 30.0 Å². The first kappa shape index (κ1) is 19.7. The third kappa shape index (κ3) is 4.19. The van der Waals surface area contributed by atoms with E-state index in [1.165, 1.54) is 6.07 Å². The summed E-state index contributed by atoms with van der Waals surface area (Å²) in [6.07, 6.45) is 1.69. The number of hydrogen-bond acceptors (Lipinski definition) is 2. The first-order valence-electron chi connectivity index (χ1n) is 9.18. The molecular weight excluding hydrogens is 387 g/mol. The van der Waals surface area contributed by atoms with Gasteiger partial charge in [0.2, 0.25) is 0 Å². The van der Waals surface area contributed by atoms with Crippen LogP contribution in [0.3, 0.4) is 0 Å². The summed E-state index contributed by atoms with van der Waals surface area (Å²) < 4.78 is 46.4. The number of methoxy groups -OCH3 is 1. The highest BCUT2D eigenvalue weighted by Crippen LogP contribution is 2.22. The van der Waals surface area contributed by atoms with Crippen LogP contribution in [0.4, 0.5) is 13.2 Å². The number of hydrogen-bond donors (Lipinski definition) is 0. The highest BCUT2D eigenvalue weighted by Gasteiger charge is 2.06. The topological polar surface area (TPSA) is 22.1 Å². The maximum atomic E-state index is 14.5. The lowest BCUT2D eigenvalue weighted by Crippen LogP contribution is -1.92. The quantitative estimate of drug-likeness (QED) is 0.400. The predicted molar refractivity (Wildman–Crippen MR) is 110 cm³/mol. The van der Waals surface area contributed by atoms with Crippen LogP contribution < -0.4 is 0 Å². The lowest BCUT2D eigenvalue weighted by Gasteiger charge is -2.04. The van der Waals surface area contributed by atoms with E-state index in [1.807, 2.05) is 12.1 Å². The Morgan fingerprint density at radius 3 is 2.30 bits per heavy atom. The SMILES string of the molecule is COCc1ccc(-c2ccc(C#Cc3ccc4cc(F)c(F)cc4c3)c(F)c2)nc1. The molecule has 1 aromatic heterocycles. The van der Waals surface area contributed by atoms with Crippen LogP contribution in [0.15, 0.2) is 66.9 Å². The van der Waals surface area contributed by atoms with Gasteiger partial charge in [0.25, 0.3) is 0 Å². The van der Waals surface area contributed by atoms with Crippen molar-refractivity contribution in [2.45, 2.75) is 6.61 Å². The number of fused-ring (bicyclic) bond motifs is 1. The third-order valence-electron chi connectivity index (χ3n) is 4.62. The zero-order chi connectivity index (χ0) is 21.1. The number of ether oxygens (including phenoxy) is 1. The third-order valence-corrected chi connectivity index (χ3v) is 4.62. The largest absolute Gasteiger partial charge is 0.380 e. The highest BCUT2D eigenvalue weighted by atomic mass is 19.2. The summed E-state index contributed by atoms with van der Waals surface area (Å²) in [5.74, 6) is 3.39. The van der Waals surface area contributed by atoms with E-state index in [2.05, 4.69) is 16.8 Å². The predicted octanol–water partition coefficient (Wildman–Crippen LogP) is 5.87. The molecule has 3 aromatic carbocycles. The molecule has 2 nitrogen and oxygen atoms in total. The van der Waals surface area contributed by atoms with Crippen LogP contribution in [0.1, 0.15) is 16.7 Å². The van der Waals surface area contributed by atoms with E-state index in [4.69, 9.17) is 4.74 Å². The van der Waals surface area contributed by atoms with E-state index >= 15 is 0 Å². The van der Waals surface area contributed by atoms with Gasteiger partial charge in [-0.25, -0.2) is 13.2 Å². The second-order valence-corrected chi connectivity index (χ2v) is 6.76. The van der Waals surface area contributed by atoms with E-state index in [0.29, 0.717) is 34.2 Å². The minimum atomic E-state index is -0.918. The van der Waals surface area contributed by atoms with Crippen molar-refractivity contribution in [3.8, 4) is 23.1 Å². The number of nitrogens with zero attached hydrogens (tertiary/aromatic N) is 1. The summed E-state index contributed by atoms with van der Waals surface area (Å²) in [6.45, 7) is 0.465. The van der Waals surface area contributed by atoms with Gasteiger partial charge in [-0.3, -0.25) is 4.98 Å². The number of pyridine rings is 1. The van der Waals surface area contributed by atoms with Crippen molar-refractivity contribution in [1.82, 2.24) is 4.98 Å². The van der Waals surface area contributed by atoms with Crippen molar-refractivity contribution < 1.29 is 17.9 Å². The normalized spacial score (nSPS) is 10.7. The summed E-state index contributed by atoms with van der Waals surface area (Å²) in [4.78, 5) is 4.33. The lowest BCUT2D eigenvalue weighted by molar-refractivity contribution is 0.184. The lowest BCUT2D eigenvalue weighted by atomic mass is 10.1. The van der Waals surface area contributed by atoms with Crippen LogP contribution in [0.5, 0.6) is 0 Å². The molecule has 148 valence electrons. The van der Waals surface area contributed by atoms with Crippen molar-refractivity contribution in [1.29, 1.82) is 0 Å². The second kappa shape index (κ2) is 8.40. The molecule has 4 aromatic rings. The first-order valence-corrected chi connectivity index (χ1v) is 9.18. The molecule has 0 saturated carbocycles. The van der Waals surface area contributed by atoms with Crippen LogP contribution in [0.25, 0.3) is 22.0 Å². The average Bonchev–Trinajstić information content (AvgIpc) is 2.74. The van der Waals surface area contributed by atoms with Crippen molar-refractivity contribution in [2.75, 3.05) is 7.11 Å². The number of halogens is 3. The zero-order valence-electron chi connectivity index (χ0n) is 16.0. The molecule has 0 fully saturated rings. The molecule has 0 bridgehead atoms. The van der Waals surface area contributed by atoms with E-state index in [1.54, 1.807) is 43.6 Å². The van der Waals surface area contributed by atoms with E-state index in [9.17, 15) is 13.2 Å². The monoisotopic (exact) mass is 403 g/mol. The molecule has 0 N–H and O–H groups in total. The fourth-order valence-corrected chi connectivity index (χ4v) is 3.08. The minimum absolute atomic E-state index is 0.236. The van der Waals surface area contributed by atoms with Gasteiger partial charge < -0.3 is 4.74 Å². The Morgan fingerprint density at radius 1 is 0.800 bits per heavy atom. The van der Waals surface area contributed by atoms with Gasteiger partial charge in [0.15, 0.2) is 11.6 Å². The molecule has 0 amide bonds. The maximum Gasteiger partial charge on any atom is 0.159 e. The van der Waals surface area contributed by atoms with Gasteiger partial charge in [-0.2, -0.15) is 0 Å². The van der Waals surface area contributed by atoms with Gasteiger partial charge in [0, 0.05) is 24.4 Å². The van der Waals surface area contributed by atoms with E-state index in [0.717, 1.165) is 17.7 Å². The van der Waals surface area contributed by atoms with E-state index < -0.39 is 17.5 Å². The van der Waals surface area contributed by atoms with Crippen LogP contribution in [0.2, 0.25) is 0 Å². The molecule has 0 aliphatic rings. The molecule has 5 heteroatoms. The number of aromatic nitrogens is 1. The average molecular weight is 403 g/mol. The van der Waals surface area contributed by atoms with Crippen LogP contribution >= 0.6 is 0 Å². The minimum Gasteiger partial charge on any atom is -0.380 e. The Labute approximate surface area is 172 Å². The maximum absolute atomic E-state index is 14.5. The Bertz CT molecular complexity index is 1290. The van der Waals surface area contributed by atoms with E-state index in [-0.39, 0.29) is 5.56 Å². The summed E-state index contributed by atoms with van der Waals surface area (Å²) in [5, 5.41) is 1.10. The van der Waals surface area contributed by atoms with Crippen molar-refractivity contribution in [3.63, 3.8) is 0 Å². The molecule has 0 aliphatic carbocycles. The Balaban J connectivity index is 1.59. The summed E-state index contributed by atoms with van der Waals surface area (Å²) >= 11 is 0. The van der Waals surface area contributed by atoms with Crippen molar-refractivity contribution in [3.05, 3.63) is 101 Å². The number of benzene rings is 3. The molecule has 30 heavy (non-hydrogen) atoms. The fraction of sp³-hybridized carbons (Fsp3) is 0.0800. The van der Waals surface area contributed by atoms with Crippen LogP contribution in [-0.4, -0.2) is 12.1 Å². The van der Waals surface area contributed by atoms with Gasteiger partial charge in [0.1, 0.15) is 5.82 Å².